The van der Waals surface area contributed by atoms with Gasteiger partial charge >= 0.3 is 0 Å². The Morgan fingerprint density at radius 1 is 1.00 bits per heavy atom. The number of ether oxygens (including phenoxy) is 2. The first-order valence-electron chi connectivity index (χ1n) is 8.04. The van der Waals surface area contributed by atoms with E-state index >= 15 is 0 Å². The average molecular weight is 270 g/mol. The van der Waals surface area contributed by atoms with Gasteiger partial charge in [-0.15, -0.1) is 0 Å². The minimum Gasteiger partial charge on any atom is -0.349 e. The van der Waals surface area contributed by atoms with Gasteiger partial charge in [-0.05, 0) is 12.8 Å². The number of rotatable bonds is 10. The highest BCUT2D eigenvalue weighted by molar-refractivity contribution is 5.50. The first kappa shape index (κ1) is 16.6. The second-order valence-corrected chi connectivity index (χ2v) is 5.55. The minimum atomic E-state index is -0.108. The molecule has 3 nitrogen and oxygen atoms in total. The summed E-state index contributed by atoms with van der Waals surface area (Å²) in [4.78, 5) is 10.6. The van der Waals surface area contributed by atoms with Crippen molar-refractivity contribution in [1.82, 2.24) is 0 Å². The average Bonchev–Trinajstić information content (AvgIpc) is 2.43. The van der Waals surface area contributed by atoms with Crippen LogP contribution in [0.2, 0.25) is 0 Å². The molecule has 0 aliphatic carbocycles. The molecule has 1 fully saturated rings. The molecule has 1 heterocycles. The third kappa shape index (κ3) is 7.07. The zero-order valence-corrected chi connectivity index (χ0v) is 12.6. The van der Waals surface area contributed by atoms with Crippen molar-refractivity contribution in [3.05, 3.63) is 0 Å². The van der Waals surface area contributed by atoms with Crippen LogP contribution in [0, 0.1) is 0 Å². The van der Waals surface area contributed by atoms with Crippen molar-refractivity contribution in [2.24, 2.45) is 0 Å². The summed E-state index contributed by atoms with van der Waals surface area (Å²) in [6, 6.07) is 0. The fourth-order valence-corrected chi connectivity index (χ4v) is 2.66. The molecule has 1 aliphatic heterocycles. The van der Waals surface area contributed by atoms with Gasteiger partial charge in [0.05, 0.1) is 12.2 Å². The molecule has 1 aliphatic rings. The number of hydrogen-bond acceptors (Lipinski definition) is 3. The van der Waals surface area contributed by atoms with Crippen LogP contribution in [-0.2, 0) is 14.3 Å². The van der Waals surface area contributed by atoms with Crippen molar-refractivity contribution in [3.63, 3.8) is 0 Å². The Morgan fingerprint density at radius 2 is 1.68 bits per heavy atom. The lowest BCUT2D eigenvalue weighted by Crippen LogP contribution is -2.38. The van der Waals surface area contributed by atoms with Crippen LogP contribution in [-0.4, -0.2) is 24.8 Å². The number of aldehydes is 1. The van der Waals surface area contributed by atoms with E-state index in [1.54, 1.807) is 0 Å². The number of carbonyl (C=O) groups is 1. The molecule has 0 spiro atoms. The third-order valence-electron chi connectivity index (χ3n) is 3.79. The van der Waals surface area contributed by atoms with E-state index in [0.29, 0.717) is 6.42 Å². The molecule has 0 saturated carbocycles. The Balaban J connectivity index is 2.18. The molecule has 0 aromatic heterocycles. The fourth-order valence-electron chi connectivity index (χ4n) is 2.66. The molecule has 0 N–H and O–H groups in total. The van der Waals surface area contributed by atoms with Crippen LogP contribution in [0.1, 0.15) is 78.1 Å². The number of hydrogen-bond donors (Lipinski definition) is 0. The Bertz CT molecular complexity index is 230. The summed E-state index contributed by atoms with van der Waals surface area (Å²) < 4.78 is 11.6. The lowest BCUT2D eigenvalue weighted by Gasteiger charge is -2.35. The number of carbonyl (C=O) groups excluding carboxylic acids is 1. The van der Waals surface area contributed by atoms with Crippen LogP contribution < -0.4 is 0 Å². The predicted molar refractivity (Wildman–Crippen MR) is 77.1 cm³/mol. The fraction of sp³-hybridized carbons (Fsp3) is 0.938. The quantitative estimate of drug-likeness (QED) is 0.440. The summed E-state index contributed by atoms with van der Waals surface area (Å²) in [6.07, 6.45) is 12.5. The van der Waals surface area contributed by atoms with Crippen LogP contribution in [0.25, 0.3) is 0 Å². The molecule has 0 unspecified atom stereocenters. The van der Waals surface area contributed by atoms with Gasteiger partial charge in [0.2, 0.25) is 0 Å². The lowest BCUT2D eigenvalue weighted by molar-refractivity contribution is -0.243. The summed E-state index contributed by atoms with van der Waals surface area (Å²) in [7, 11) is 0. The van der Waals surface area contributed by atoms with Crippen LogP contribution in [0.15, 0.2) is 0 Å². The largest absolute Gasteiger partial charge is 0.349 e. The summed E-state index contributed by atoms with van der Waals surface area (Å²) in [5.74, 6) is 0. The SMILES string of the molecule is CCCCCCCC[C@H]1C[C@@H](CC=O)O[C@@H](CC)O1. The van der Waals surface area contributed by atoms with Gasteiger partial charge in [0.25, 0.3) is 0 Å². The molecule has 0 aromatic carbocycles. The van der Waals surface area contributed by atoms with Crippen LogP contribution in [0.3, 0.4) is 0 Å². The van der Waals surface area contributed by atoms with Crippen LogP contribution in [0.4, 0.5) is 0 Å². The second-order valence-electron chi connectivity index (χ2n) is 5.55. The smallest absolute Gasteiger partial charge is 0.158 e. The molecule has 0 bridgehead atoms. The van der Waals surface area contributed by atoms with E-state index in [1.807, 2.05) is 0 Å². The Hall–Kier alpha value is -0.410. The van der Waals surface area contributed by atoms with E-state index in [-0.39, 0.29) is 18.5 Å². The van der Waals surface area contributed by atoms with Crippen LogP contribution >= 0.6 is 0 Å². The highest BCUT2D eigenvalue weighted by Crippen LogP contribution is 2.25. The van der Waals surface area contributed by atoms with Crippen molar-refractivity contribution in [2.45, 2.75) is 96.6 Å². The van der Waals surface area contributed by atoms with Gasteiger partial charge in [0.1, 0.15) is 6.29 Å². The molecule has 0 radical (unpaired) electrons. The zero-order chi connectivity index (χ0) is 13.9. The summed E-state index contributed by atoms with van der Waals surface area (Å²) in [5, 5.41) is 0. The van der Waals surface area contributed by atoms with Crippen LogP contribution in [0.5, 0.6) is 0 Å². The molecule has 3 heteroatoms. The van der Waals surface area contributed by atoms with E-state index in [9.17, 15) is 4.79 Å². The molecule has 1 rings (SSSR count). The van der Waals surface area contributed by atoms with E-state index in [4.69, 9.17) is 9.47 Å². The highest BCUT2D eigenvalue weighted by Gasteiger charge is 2.28. The zero-order valence-electron chi connectivity index (χ0n) is 12.6. The first-order valence-corrected chi connectivity index (χ1v) is 8.04. The molecule has 112 valence electrons. The third-order valence-corrected chi connectivity index (χ3v) is 3.79. The van der Waals surface area contributed by atoms with Gasteiger partial charge in [-0.25, -0.2) is 0 Å². The topological polar surface area (TPSA) is 35.5 Å². The Labute approximate surface area is 118 Å². The van der Waals surface area contributed by atoms with Gasteiger partial charge < -0.3 is 14.3 Å². The van der Waals surface area contributed by atoms with Gasteiger partial charge in [-0.2, -0.15) is 0 Å². The van der Waals surface area contributed by atoms with E-state index in [2.05, 4.69) is 13.8 Å². The van der Waals surface area contributed by atoms with Gasteiger partial charge in [0.15, 0.2) is 6.29 Å². The standard InChI is InChI=1S/C16H30O3/c1-3-5-6-7-8-9-10-14-13-15(11-12-17)19-16(4-2)18-14/h12,14-16H,3-11,13H2,1-2H3/t14-,15+,16-/m0/s1. The van der Waals surface area contributed by atoms with Gasteiger partial charge in [-0.3, -0.25) is 0 Å². The van der Waals surface area contributed by atoms with Crippen molar-refractivity contribution in [1.29, 1.82) is 0 Å². The lowest BCUT2D eigenvalue weighted by atomic mass is 10.0. The number of unbranched alkanes of at least 4 members (excludes halogenated alkanes) is 5. The summed E-state index contributed by atoms with van der Waals surface area (Å²) in [5.41, 5.74) is 0. The maximum Gasteiger partial charge on any atom is 0.158 e. The van der Waals surface area contributed by atoms with Crippen molar-refractivity contribution in [3.8, 4) is 0 Å². The molecule has 0 aromatic rings. The molecular weight excluding hydrogens is 240 g/mol. The molecule has 0 amide bonds. The van der Waals surface area contributed by atoms with E-state index in [1.165, 1.54) is 38.5 Å². The van der Waals surface area contributed by atoms with Crippen molar-refractivity contribution < 1.29 is 14.3 Å². The predicted octanol–water partition coefficient (Wildman–Crippen LogP) is 4.24. The van der Waals surface area contributed by atoms with E-state index in [0.717, 1.165) is 25.5 Å². The van der Waals surface area contributed by atoms with Crippen molar-refractivity contribution in [2.75, 3.05) is 0 Å². The maximum atomic E-state index is 10.6. The monoisotopic (exact) mass is 270 g/mol. The maximum absolute atomic E-state index is 10.6. The first-order chi connectivity index (χ1) is 9.30. The molecule has 1 saturated heterocycles. The highest BCUT2D eigenvalue weighted by atomic mass is 16.7. The summed E-state index contributed by atoms with van der Waals surface area (Å²) in [6.45, 7) is 4.31. The van der Waals surface area contributed by atoms with Crippen molar-refractivity contribution >= 4 is 6.29 Å². The molecule has 19 heavy (non-hydrogen) atoms. The van der Waals surface area contributed by atoms with Gasteiger partial charge in [-0.1, -0.05) is 52.4 Å². The molecular formula is C16H30O3. The molecule has 3 atom stereocenters. The Kier molecular flexibility index (Phi) is 9.10. The normalized spacial score (nSPS) is 27.4. The van der Waals surface area contributed by atoms with Gasteiger partial charge in [0, 0.05) is 12.8 Å². The second kappa shape index (κ2) is 10.4. The minimum absolute atomic E-state index is 0.0706. The summed E-state index contributed by atoms with van der Waals surface area (Å²) >= 11 is 0. The Morgan fingerprint density at radius 3 is 2.37 bits per heavy atom. The van der Waals surface area contributed by atoms with E-state index < -0.39 is 0 Å².